The molecule has 0 atom stereocenters. The predicted molar refractivity (Wildman–Crippen MR) is 71.7 cm³/mol. The molecule has 1 aliphatic heterocycles. The van der Waals surface area contributed by atoms with Crippen LogP contribution in [0.1, 0.15) is 5.56 Å². The predicted octanol–water partition coefficient (Wildman–Crippen LogP) is 1.93. The number of nitrogens with zero attached hydrogens (tertiary/aromatic N) is 1. The molecule has 0 unspecified atom stereocenters. The lowest BCUT2D eigenvalue weighted by Crippen LogP contribution is -2.32. The number of halogens is 3. The molecule has 1 saturated heterocycles. The van der Waals surface area contributed by atoms with Crippen LogP contribution >= 0.6 is 11.8 Å². The van der Waals surface area contributed by atoms with Crippen LogP contribution in [-0.4, -0.2) is 35.7 Å². The highest BCUT2D eigenvalue weighted by Crippen LogP contribution is 2.34. The minimum Gasteiger partial charge on any atom is -0.398 e. The summed E-state index contributed by atoms with van der Waals surface area (Å²) in [5, 5.41) is 2.38. The van der Waals surface area contributed by atoms with E-state index in [1.54, 1.807) is 0 Å². The first kappa shape index (κ1) is 15.5. The number of amides is 3. The van der Waals surface area contributed by atoms with Gasteiger partial charge in [-0.3, -0.25) is 9.69 Å². The molecular formula is C12H12F3N3O2S. The molecule has 0 aromatic heterocycles. The van der Waals surface area contributed by atoms with E-state index in [1.165, 1.54) is 17.8 Å². The van der Waals surface area contributed by atoms with Crippen LogP contribution in [-0.2, 0) is 11.0 Å². The third-order valence-electron chi connectivity index (χ3n) is 2.85. The van der Waals surface area contributed by atoms with E-state index < -0.39 is 17.8 Å². The molecule has 21 heavy (non-hydrogen) atoms. The summed E-state index contributed by atoms with van der Waals surface area (Å²) >= 11 is 1.19. The third-order valence-corrected chi connectivity index (χ3v) is 3.92. The lowest BCUT2D eigenvalue weighted by atomic mass is 10.2. The van der Waals surface area contributed by atoms with Crippen molar-refractivity contribution in [2.45, 2.75) is 11.1 Å². The molecule has 1 aromatic rings. The number of hydrogen-bond donors (Lipinski definition) is 2. The Balaban J connectivity index is 1.95. The molecule has 0 spiro atoms. The standard InChI is InChI=1S/C12H12F3N3O2S/c13-12(14,15)7-1-2-9(8(16)5-7)21-4-3-18-10(19)6-17-11(18)20/h1-2,5H,3-4,6,16H2,(H,17,20). The molecule has 5 nitrogen and oxygen atoms in total. The summed E-state index contributed by atoms with van der Waals surface area (Å²) in [7, 11) is 0. The van der Waals surface area contributed by atoms with Crippen molar-refractivity contribution in [2.24, 2.45) is 0 Å². The van der Waals surface area contributed by atoms with Gasteiger partial charge < -0.3 is 11.1 Å². The number of hydrogen-bond acceptors (Lipinski definition) is 4. The number of thioether (sulfide) groups is 1. The van der Waals surface area contributed by atoms with Crippen LogP contribution in [0.5, 0.6) is 0 Å². The summed E-state index contributed by atoms with van der Waals surface area (Å²) in [6.07, 6.45) is -4.43. The van der Waals surface area contributed by atoms with Crippen molar-refractivity contribution in [3.05, 3.63) is 23.8 Å². The first-order chi connectivity index (χ1) is 9.79. The number of nitrogens with two attached hydrogens (primary N) is 1. The molecule has 0 radical (unpaired) electrons. The summed E-state index contributed by atoms with van der Waals surface area (Å²) < 4.78 is 37.5. The number of nitrogen functional groups attached to an aromatic ring is 1. The largest absolute Gasteiger partial charge is 0.416 e. The Bertz CT molecular complexity index is 561. The average Bonchev–Trinajstić information content (AvgIpc) is 2.71. The smallest absolute Gasteiger partial charge is 0.398 e. The van der Waals surface area contributed by atoms with E-state index in [2.05, 4.69) is 5.32 Å². The summed E-state index contributed by atoms with van der Waals surface area (Å²) in [5.74, 6) is 0.0374. The Morgan fingerprint density at radius 3 is 2.57 bits per heavy atom. The van der Waals surface area contributed by atoms with E-state index >= 15 is 0 Å². The summed E-state index contributed by atoms with van der Waals surface area (Å²) in [4.78, 5) is 24.2. The molecule has 3 N–H and O–H groups in total. The van der Waals surface area contributed by atoms with Crippen molar-refractivity contribution in [1.29, 1.82) is 0 Å². The van der Waals surface area contributed by atoms with Crippen LogP contribution in [0.3, 0.4) is 0 Å². The number of carbonyl (C=O) groups is 2. The van der Waals surface area contributed by atoms with Crippen molar-refractivity contribution in [1.82, 2.24) is 10.2 Å². The number of nitrogens with one attached hydrogen (secondary N) is 1. The van der Waals surface area contributed by atoms with Gasteiger partial charge in [-0.1, -0.05) is 0 Å². The monoisotopic (exact) mass is 319 g/mol. The molecule has 0 aliphatic carbocycles. The van der Waals surface area contributed by atoms with E-state index in [-0.39, 0.29) is 24.7 Å². The Morgan fingerprint density at radius 2 is 2.05 bits per heavy atom. The van der Waals surface area contributed by atoms with Crippen molar-refractivity contribution in [3.8, 4) is 0 Å². The molecule has 3 amide bonds. The highest BCUT2D eigenvalue weighted by atomic mass is 32.2. The SMILES string of the molecule is Nc1cc(C(F)(F)F)ccc1SCCN1C(=O)CNC1=O. The van der Waals surface area contributed by atoms with Gasteiger partial charge in [0.25, 0.3) is 0 Å². The van der Waals surface area contributed by atoms with Gasteiger partial charge >= 0.3 is 12.2 Å². The number of carbonyl (C=O) groups excluding carboxylic acids is 2. The van der Waals surface area contributed by atoms with Crippen LogP contribution < -0.4 is 11.1 Å². The topological polar surface area (TPSA) is 75.4 Å². The molecule has 1 aliphatic rings. The van der Waals surface area contributed by atoms with Crippen molar-refractivity contribution in [2.75, 3.05) is 24.6 Å². The normalized spacial score (nSPS) is 15.5. The summed E-state index contributed by atoms with van der Waals surface area (Å²) in [6, 6.07) is 2.65. The molecule has 0 bridgehead atoms. The number of urea groups is 1. The summed E-state index contributed by atoms with van der Waals surface area (Å²) in [5.41, 5.74) is 4.80. The Hall–Kier alpha value is -1.90. The second kappa shape index (κ2) is 5.84. The van der Waals surface area contributed by atoms with Gasteiger partial charge in [-0.25, -0.2) is 4.79 Å². The zero-order valence-electron chi connectivity index (χ0n) is 10.7. The average molecular weight is 319 g/mol. The second-order valence-corrected chi connectivity index (χ2v) is 5.44. The molecule has 1 aromatic carbocycles. The molecule has 1 fully saturated rings. The van der Waals surface area contributed by atoms with Crippen molar-refractivity contribution >= 4 is 29.4 Å². The lowest BCUT2D eigenvalue weighted by molar-refractivity contribution is -0.137. The molecule has 1 heterocycles. The molecule has 114 valence electrons. The van der Waals surface area contributed by atoms with Crippen LogP contribution in [0.25, 0.3) is 0 Å². The van der Waals surface area contributed by atoms with Crippen molar-refractivity contribution < 1.29 is 22.8 Å². The Labute approximate surface area is 122 Å². The maximum absolute atomic E-state index is 12.5. The first-order valence-corrected chi connectivity index (χ1v) is 6.95. The Morgan fingerprint density at radius 1 is 1.33 bits per heavy atom. The van der Waals surface area contributed by atoms with Gasteiger partial charge in [0.05, 0.1) is 12.1 Å². The van der Waals surface area contributed by atoms with Crippen LogP contribution in [0.4, 0.5) is 23.7 Å². The zero-order valence-corrected chi connectivity index (χ0v) is 11.6. The quantitative estimate of drug-likeness (QED) is 0.505. The molecular weight excluding hydrogens is 307 g/mol. The van der Waals surface area contributed by atoms with E-state index in [0.29, 0.717) is 10.6 Å². The van der Waals surface area contributed by atoms with E-state index in [1.807, 2.05) is 0 Å². The fourth-order valence-electron chi connectivity index (χ4n) is 1.78. The number of rotatable bonds is 4. The first-order valence-electron chi connectivity index (χ1n) is 5.97. The molecule has 2 rings (SSSR count). The minimum absolute atomic E-state index is 0.0204. The zero-order chi connectivity index (χ0) is 15.6. The van der Waals surface area contributed by atoms with Crippen LogP contribution in [0.15, 0.2) is 23.1 Å². The Kier molecular flexibility index (Phi) is 4.31. The minimum atomic E-state index is -4.43. The van der Waals surface area contributed by atoms with Gasteiger partial charge in [-0.15, -0.1) is 11.8 Å². The van der Waals surface area contributed by atoms with Gasteiger partial charge in [0.1, 0.15) is 0 Å². The molecule has 0 saturated carbocycles. The van der Waals surface area contributed by atoms with Gasteiger partial charge in [-0.2, -0.15) is 13.2 Å². The van der Waals surface area contributed by atoms with Gasteiger partial charge in [0.2, 0.25) is 5.91 Å². The fourth-order valence-corrected chi connectivity index (χ4v) is 2.67. The second-order valence-electron chi connectivity index (χ2n) is 4.30. The highest BCUT2D eigenvalue weighted by molar-refractivity contribution is 7.99. The fraction of sp³-hybridized carbons (Fsp3) is 0.333. The van der Waals surface area contributed by atoms with E-state index in [9.17, 15) is 22.8 Å². The number of anilines is 1. The maximum atomic E-state index is 12.5. The van der Waals surface area contributed by atoms with Crippen LogP contribution in [0, 0.1) is 0 Å². The third kappa shape index (κ3) is 3.60. The maximum Gasteiger partial charge on any atom is 0.416 e. The van der Waals surface area contributed by atoms with Crippen molar-refractivity contribution in [3.63, 3.8) is 0 Å². The van der Waals surface area contributed by atoms with Gasteiger partial charge in [0.15, 0.2) is 0 Å². The number of alkyl halides is 3. The van der Waals surface area contributed by atoms with E-state index in [0.717, 1.165) is 17.0 Å². The van der Waals surface area contributed by atoms with Crippen LogP contribution in [0.2, 0.25) is 0 Å². The lowest BCUT2D eigenvalue weighted by Gasteiger charge is -2.13. The number of benzene rings is 1. The highest BCUT2D eigenvalue weighted by Gasteiger charge is 2.31. The number of imide groups is 1. The molecule has 9 heteroatoms. The van der Waals surface area contributed by atoms with Gasteiger partial charge in [-0.05, 0) is 18.2 Å². The van der Waals surface area contributed by atoms with Gasteiger partial charge in [0, 0.05) is 22.9 Å². The summed E-state index contributed by atoms with van der Waals surface area (Å²) in [6.45, 7) is 0.154. The van der Waals surface area contributed by atoms with E-state index in [4.69, 9.17) is 5.73 Å².